The van der Waals surface area contributed by atoms with E-state index in [1.807, 2.05) is 6.07 Å². The van der Waals surface area contributed by atoms with Gasteiger partial charge in [-0.1, -0.05) is 36.8 Å². The molecule has 82 valence electrons. The van der Waals surface area contributed by atoms with Crippen LogP contribution in [0, 0.1) is 0 Å². The van der Waals surface area contributed by atoms with Gasteiger partial charge in [-0.25, -0.2) is 0 Å². The molecule has 2 heteroatoms. The Morgan fingerprint density at radius 2 is 2.07 bits per heavy atom. The van der Waals surface area contributed by atoms with Crippen LogP contribution in [0.1, 0.15) is 37.3 Å². The first-order valence-corrected chi connectivity index (χ1v) is 5.90. The third-order valence-electron chi connectivity index (χ3n) is 3.18. The summed E-state index contributed by atoms with van der Waals surface area (Å²) >= 11 is 0. The minimum atomic E-state index is 0.182. The van der Waals surface area contributed by atoms with E-state index in [2.05, 4.69) is 29.6 Å². The number of nitrogens with two attached hydrogens (primary N) is 1. The lowest BCUT2D eigenvalue weighted by Crippen LogP contribution is -2.36. The molecule has 0 amide bonds. The summed E-state index contributed by atoms with van der Waals surface area (Å²) in [7, 11) is 0. The summed E-state index contributed by atoms with van der Waals surface area (Å²) in [5, 5.41) is 3.54. The lowest BCUT2D eigenvalue weighted by atomic mass is 9.95. The number of hydrogen-bond acceptors (Lipinski definition) is 2. The zero-order chi connectivity index (χ0) is 10.5. The zero-order valence-corrected chi connectivity index (χ0v) is 9.15. The zero-order valence-electron chi connectivity index (χ0n) is 9.15. The van der Waals surface area contributed by atoms with Gasteiger partial charge in [-0.15, -0.1) is 0 Å². The number of nitrogens with one attached hydrogen (secondary N) is 1. The third kappa shape index (κ3) is 3.05. The highest BCUT2D eigenvalue weighted by atomic mass is 14.9. The molecule has 0 spiro atoms. The molecule has 3 N–H and O–H groups in total. The van der Waals surface area contributed by atoms with E-state index >= 15 is 0 Å². The van der Waals surface area contributed by atoms with Crippen LogP contribution in [-0.2, 0) is 0 Å². The van der Waals surface area contributed by atoms with Crippen molar-refractivity contribution in [1.82, 2.24) is 5.32 Å². The Labute approximate surface area is 91.9 Å². The van der Waals surface area contributed by atoms with E-state index in [1.165, 1.54) is 24.8 Å². The molecule has 1 heterocycles. The monoisotopic (exact) mass is 204 g/mol. The van der Waals surface area contributed by atoms with E-state index in [4.69, 9.17) is 5.73 Å². The SMILES string of the molecule is N[C@@H](CC1CCCCN1)c1ccccc1. The van der Waals surface area contributed by atoms with Crippen molar-refractivity contribution in [2.24, 2.45) is 5.73 Å². The molecule has 1 aliphatic heterocycles. The van der Waals surface area contributed by atoms with E-state index in [-0.39, 0.29) is 6.04 Å². The number of hydrogen-bond donors (Lipinski definition) is 2. The summed E-state index contributed by atoms with van der Waals surface area (Å²) in [6, 6.07) is 11.2. The summed E-state index contributed by atoms with van der Waals surface area (Å²) in [6.45, 7) is 1.16. The predicted octanol–water partition coefficient (Wildman–Crippen LogP) is 2.22. The molecule has 0 aliphatic carbocycles. The lowest BCUT2D eigenvalue weighted by Gasteiger charge is -2.26. The Kier molecular flexibility index (Phi) is 3.75. The molecule has 2 atom stereocenters. The van der Waals surface area contributed by atoms with Crippen LogP contribution in [0.25, 0.3) is 0 Å². The summed E-state index contributed by atoms with van der Waals surface area (Å²) in [4.78, 5) is 0. The maximum Gasteiger partial charge on any atom is 0.0309 e. The standard InChI is InChI=1S/C13H20N2/c14-13(11-6-2-1-3-7-11)10-12-8-4-5-9-15-12/h1-3,6-7,12-13,15H,4-5,8-10,14H2/t12?,13-/m0/s1. The Balaban J connectivity index is 1.88. The Bertz CT molecular complexity index is 278. The molecule has 1 fully saturated rings. The fourth-order valence-electron chi connectivity index (χ4n) is 2.27. The summed E-state index contributed by atoms with van der Waals surface area (Å²) in [5.74, 6) is 0. The van der Waals surface area contributed by atoms with Crippen LogP contribution < -0.4 is 11.1 Å². The normalized spacial score (nSPS) is 23.7. The van der Waals surface area contributed by atoms with Crippen molar-refractivity contribution >= 4 is 0 Å². The van der Waals surface area contributed by atoms with Crippen molar-refractivity contribution in [2.45, 2.75) is 37.8 Å². The molecule has 0 bridgehead atoms. The highest BCUT2D eigenvalue weighted by Gasteiger charge is 2.16. The fraction of sp³-hybridized carbons (Fsp3) is 0.538. The van der Waals surface area contributed by atoms with Gasteiger partial charge in [0.25, 0.3) is 0 Å². The topological polar surface area (TPSA) is 38.0 Å². The molecule has 1 saturated heterocycles. The van der Waals surface area contributed by atoms with Gasteiger partial charge in [-0.2, -0.15) is 0 Å². The highest BCUT2D eigenvalue weighted by Crippen LogP contribution is 2.19. The van der Waals surface area contributed by atoms with Crippen molar-refractivity contribution < 1.29 is 0 Å². The van der Waals surface area contributed by atoms with Crippen LogP contribution in [-0.4, -0.2) is 12.6 Å². The van der Waals surface area contributed by atoms with E-state index in [1.54, 1.807) is 0 Å². The molecule has 15 heavy (non-hydrogen) atoms. The quantitative estimate of drug-likeness (QED) is 0.792. The van der Waals surface area contributed by atoms with Crippen LogP contribution in [0.2, 0.25) is 0 Å². The molecule has 1 aliphatic rings. The van der Waals surface area contributed by atoms with Crippen LogP contribution in [0.5, 0.6) is 0 Å². The van der Waals surface area contributed by atoms with Gasteiger partial charge in [0, 0.05) is 12.1 Å². The van der Waals surface area contributed by atoms with Crippen molar-refractivity contribution in [3.05, 3.63) is 35.9 Å². The van der Waals surface area contributed by atoms with Crippen LogP contribution in [0.15, 0.2) is 30.3 Å². The molecule has 0 radical (unpaired) electrons. The Hall–Kier alpha value is -0.860. The summed E-state index contributed by atoms with van der Waals surface area (Å²) < 4.78 is 0. The van der Waals surface area contributed by atoms with Gasteiger partial charge >= 0.3 is 0 Å². The minimum Gasteiger partial charge on any atom is -0.324 e. The average Bonchev–Trinajstić information content (AvgIpc) is 2.31. The second kappa shape index (κ2) is 5.29. The summed E-state index contributed by atoms with van der Waals surface area (Å²) in [5.41, 5.74) is 7.44. The number of rotatable bonds is 3. The highest BCUT2D eigenvalue weighted by molar-refractivity contribution is 5.18. The first kappa shape index (κ1) is 10.7. The van der Waals surface area contributed by atoms with Crippen LogP contribution in [0.4, 0.5) is 0 Å². The van der Waals surface area contributed by atoms with E-state index < -0.39 is 0 Å². The lowest BCUT2D eigenvalue weighted by molar-refractivity contribution is 0.362. The Morgan fingerprint density at radius 1 is 1.27 bits per heavy atom. The molecule has 2 rings (SSSR count). The van der Waals surface area contributed by atoms with Crippen molar-refractivity contribution in [3.63, 3.8) is 0 Å². The van der Waals surface area contributed by atoms with Crippen LogP contribution >= 0.6 is 0 Å². The molecular weight excluding hydrogens is 184 g/mol. The molecule has 1 aromatic rings. The number of benzene rings is 1. The van der Waals surface area contributed by atoms with Gasteiger partial charge < -0.3 is 11.1 Å². The molecule has 1 aromatic carbocycles. The second-order valence-corrected chi connectivity index (χ2v) is 4.40. The third-order valence-corrected chi connectivity index (χ3v) is 3.18. The van der Waals surface area contributed by atoms with E-state index in [9.17, 15) is 0 Å². The van der Waals surface area contributed by atoms with Gasteiger partial charge in [0.05, 0.1) is 0 Å². The molecule has 0 saturated carbocycles. The van der Waals surface area contributed by atoms with Gasteiger partial charge in [0.1, 0.15) is 0 Å². The molecule has 1 unspecified atom stereocenters. The first-order chi connectivity index (χ1) is 7.36. The fourth-order valence-corrected chi connectivity index (χ4v) is 2.27. The van der Waals surface area contributed by atoms with Crippen LogP contribution in [0.3, 0.4) is 0 Å². The molecule has 2 nitrogen and oxygen atoms in total. The van der Waals surface area contributed by atoms with Gasteiger partial charge in [-0.3, -0.25) is 0 Å². The van der Waals surface area contributed by atoms with Gasteiger partial charge in [-0.05, 0) is 31.4 Å². The van der Waals surface area contributed by atoms with Crippen molar-refractivity contribution in [2.75, 3.05) is 6.54 Å². The van der Waals surface area contributed by atoms with Crippen molar-refractivity contribution in [3.8, 4) is 0 Å². The smallest absolute Gasteiger partial charge is 0.0309 e. The second-order valence-electron chi connectivity index (χ2n) is 4.40. The van der Waals surface area contributed by atoms with E-state index in [0.29, 0.717) is 6.04 Å². The van der Waals surface area contributed by atoms with E-state index in [0.717, 1.165) is 13.0 Å². The number of piperidine rings is 1. The average molecular weight is 204 g/mol. The Morgan fingerprint density at radius 3 is 2.73 bits per heavy atom. The maximum atomic E-state index is 6.19. The van der Waals surface area contributed by atoms with Gasteiger partial charge in [0.15, 0.2) is 0 Å². The predicted molar refractivity (Wildman–Crippen MR) is 63.6 cm³/mol. The maximum absolute atomic E-state index is 6.19. The molecule has 0 aromatic heterocycles. The first-order valence-electron chi connectivity index (χ1n) is 5.90. The minimum absolute atomic E-state index is 0.182. The summed E-state index contributed by atoms with van der Waals surface area (Å²) in [6.07, 6.45) is 5.00. The molecular formula is C13H20N2. The largest absolute Gasteiger partial charge is 0.324 e. The van der Waals surface area contributed by atoms with Gasteiger partial charge in [0.2, 0.25) is 0 Å². The van der Waals surface area contributed by atoms with Crippen molar-refractivity contribution in [1.29, 1.82) is 0 Å².